The number of aromatic nitrogens is 1. The number of nitrogens with one attached hydrogen (secondary N) is 2. The molecule has 104 valence electrons. The molecule has 5 nitrogen and oxygen atoms in total. The van der Waals surface area contributed by atoms with Crippen LogP contribution in [0.5, 0.6) is 0 Å². The van der Waals surface area contributed by atoms with E-state index in [-0.39, 0.29) is 11.9 Å². The first-order valence-corrected chi connectivity index (χ1v) is 6.82. The fraction of sp³-hybridized carbons (Fsp3) is 0.571. The van der Waals surface area contributed by atoms with Crippen molar-refractivity contribution in [3.63, 3.8) is 0 Å². The van der Waals surface area contributed by atoms with Crippen LogP contribution in [0.25, 0.3) is 0 Å². The van der Waals surface area contributed by atoms with Gasteiger partial charge in [-0.25, -0.2) is 4.98 Å². The van der Waals surface area contributed by atoms with Crippen LogP contribution in [0, 0.1) is 0 Å². The molecule has 19 heavy (non-hydrogen) atoms. The predicted octanol–water partition coefficient (Wildman–Crippen LogP) is 1.34. The first kappa shape index (κ1) is 13.8. The number of hydrogen-bond donors (Lipinski definition) is 2. The van der Waals surface area contributed by atoms with E-state index in [1.165, 1.54) is 0 Å². The molecule has 0 saturated carbocycles. The molecule has 1 saturated heterocycles. The summed E-state index contributed by atoms with van der Waals surface area (Å²) in [6.45, 7) is 8.51. The highest BCUT2D eigenvalue weighted by Crippen LogP contribution is 2.16. The van der Waals surface area contributed by atoms with E-state index in [1.54, 1.807) is 6.20 Å². The van der Waals surface area contributed by atoms with Crippen molar-refractivity contribution in [1.29, 1.82) is 0 Å². The maximum atomic E-state index is 12.6. The molecule has 0 aromatic carbocycles. The fourth-order valence-electron chi connectivity index (χ4n) is 2.25. The summed E-state index contributed by atoms with van der Waals surface area (Å²) in [6, 6.07) is 4.25. The van der Waals surface area contributed by atoms with Crippen molar-refractivity contribution in [2.45, 2.75) is 32.9 Å². The Morgan fingerprint density at radius 1 is 1.58 bits per heavy atom. The second-order valence-corrected chi connectivity index (χ2v) is 5.30. The summed E-state index contributed by atoms with van der Waals surface area (Å²) in [7, 11) is 0. The van der Waals surface area contributed by atoms with Gasteiger partial charge in [0.1, 0.15) is 5.82 Å². The highest BCUT2D eigenvalue weighted by atomic mass is 16.2. The molecule has 1 aromatic rings. The van der Waals surface area contributed by atoms with Crippen molar-refractivity contribution in [3.05, 3.63) is 23.9 Å². The van der Waals surface area contributed by atoms with Gasteiger partial charge < -0.3 is 15.5 Å². The van der Waals surface area contributed by atoms with Gasteiger partial charge in [-0.15, -0.1) is 0 Å². The maximum absolute atomic E-state index is 12.6. The van der Waals surface area contributed by atoms with Crippen LogP contribution in [0.3, 0.4) is 0 Å². The average Bonchev–Trinajstić information content (AvgIpc) is 2.38. The smallest absolute Gasteiger partial charge is 0.257 e. The molecule has 0 bridgehead atoms. The Morgan fingerprint density at radius 3 is 3.05 bits per heavy atom. The molecule has 1 fully saturated rings. The lowest BCUT2D eigenvalue weighted by Gasteiger charge is -2.32. The van der Waals surface area contributed by atoms with E-state index in [0.29, 0.717) is 17.4 Å². The molecule has 2 heterocycles. The van der Waals surface area contributed by atoms with Crippen molar-refractivity contribution >= 4 is 11.7 Å². The van der Waals surface area contributed by atoms with Crippen LogP contribution >= 0.6 is 0 Å². The van der Waals surface area contributed by atoms with Crippen molar-refractivity contribution in [2.24, 2.45) is 0 Å². The van der Waals surface area contributed by atoms with Gasteiger partial charge in [-0.2, -0.15) is 0 Å². The van der Waals surface area contributed by atoms with Gasteiger partial charge in [0.15, 0.2) is 0 Å². The number of carbonyl (C=O) groups excluding carboxylic acids is 1. The number of carbonyl (C=O) groups is 1. The summed E-state index contributed by atoms with van der Waals surface area (Å²) >= 11 is 0. The Labute approximate surface area is 114 Å². The third-order valence-electron chi connectivity index (χ3n) is 3.12. The number of piperazine rings is 1. The molecular weight excluding hydrogens is 240 g/mol. The van der Waals surface area contributed by atoms with Crippen LogP contribution in [0.4, 0.5) is 5.82 Å². The first-order chi connectivity index (χ1) is 9.08. The number of nitrogens with zero attached hydrogens (tertiary/aromatic N) is 2. The van der Waals surface area contributed by atoms with Gasteiger partial charge in [-0.3, -0.25) is 4.79 Å². The van der Waals surface area contributed by atoms with Gasteiger partial charge in [0, 0.05) is 37.9 Å². The maximum Gasteiger partial charge on any atom is 0.257 e. The number of anilines is 1. The zero-order chi connectivity index (χ0) is 13.8. The van der Waals surface area contributed by atoms with Crippen LogP contribution in [0.1, 0.15) is 31.1 Å². The number of amides is 1. The molecule has 2 rings (SSSR count). The summed E-state index contributed by atoms with van der Waals surface area (Å²) < 4.78 is 0. The van der Waals surface area contributed by atoms with Crippen LogP contribution in [-0.4, -0.2) is 47.5 Å². The standard InChI is InChI=1S/C14H22N4O/c1-10(2)17-13-12(5-4-6-16-13)14(19)18-8-7-15-11(3)9-18/h4-6,10-11,15H,7-9H2,1-3H3,(H,16,17)/t11-/m0/s1. The predicted molar refractivity (Wildman–Crippen MR) is 76.4 cm³/mol. The van der Waals surface area contributed by atoms with Gasteiger partial charge in [0.2, 0.25) is 0 Å². The second kappa shape index (κ2) is 6.02. The Morgan fingerprint density at radius 2 is 2.37 bits per heavy atom. The third-order valence-corrected chi connectivity index (χ3v) is 3.12. The minimum atomic E-state index is 0.0598. The minimum Gasteiger partial charge on any atom is -0.367 e. The molecule has 0 radical (unpaired) electrons. The molecule has 0 spiro atoms. The summed E-state index contributed by atoms with van der Waals surface area (Å²) in [5.41, 5.74) is 0.658. The molecule has 5 heteroatoms. The average molecular weight is 262 g/mol. The van der Waals surface area contributed by atoms with Gasteiger partial charge in [0.05, 0.1) is 5.56 Å². The number of hydrogen-bond acceptors (Lipinski definition) is 4. The largest absolute Gasteiger partial charge is 0.367 e. The summed E-state index contributed by atoms with van der Waals surface area (Å²) in [5, 5.41) is 6.57. The highest BCUT2D eigenvalue weighted by Gasteiger charge is 2.23. The van der Waals surface area contributed by atoms with E-state index in [2.05, 4.69) is 22.5 Å². The monoisotopic (exact) mass is 262 g/mol. The zero-order valence-corrected chi connectivity index (χ0v) is 11.8. The van der Waals surface area contributed by atoms with Gasteiger partial charge >= 0.3 is 0 Å². The summed E-state index contributed by atoms with van der Waals surface area (Å²) in [6.07, 6.45) is 1.71. The lowest BCUT2D eigenvalue weighted by atomic mass is 10.1. The normalized spacial score (nSPS) is 19.6. The molecule has 1 aromatic heterocycles. The Hall–Kier alpha value is -1.62. The summed E-state index contributed by atoms with van der Waals surface area (Å²) in [5.74, 6) is 0.735. The molecule has 0 unspecified atom stereocenters. The first-order valence-electron chi connectivity index (χ1n) is 6.82. The minimum absolute atomic E-state index is 0.0598. The molecule has 1 amide bonds. The van der Waals surface area contributed by atoms with Crippen LogP contribution < -0.4 is 10.6 Å². The SMILES string of the molecule is CC(C)Nc1ncccc1C(=O)N1CCN[C@@H](C)C1. The van der Waals surface area contributed by atoms with Crippen LogP contribution in [0.2, 0.25) is 0 Å². The lowest BCUT2D eigenvalue weighted by Crippen LogP contribution is -2.51. The van der Waals surface area contributed by atoms with E-state index < -0.39 is 0 Å². The van der Waals surface area contributed by atoms with Gasteiger partial charge in [0.25, 0.3) is 5.91 Å². The van der Waals surface area contributed by atoms with Crippen molar-refractivity contribution < 1.29 is 4.79 Å². The van der Waals surface area contributed by atoms with Crippen molar-refractivity contribution in [3.8, 4) is 0 Å². The number of pyridine rings is 1. The van der Waals surface area contributed by atoms with Gasteiger partial charge in [-0.1, -0.05) is 0 Å². The molecule has 1 atom stereocenters. The molecule has 0 aliphatic carbocycles. The summed E-state index contributed by atoms with van der Waals surface area (Å²) in [4.78, 5) is 18.7. The third kappa shape index (κ3) is 3.44. The fourth-order valence-corrected chi connectivity index (χ4v) is 2.25. The van der Waals surface area contributed by atoms with Gasteiger partial charge in [-0.05, 0) is 32.9 Å². The van der Waals surface area contributed by atoms with E-state index >= 15 is 0 Å². The van der Waals surface area contributed by atoms with E-state index in [0.717, 1.165) is 19.6 Å². The quantitative estimate of drug-likeness (QED) is 0.863. The Balaban J connectivity index is 2.18. The molecule has 1 aliphatic heterocycles. The zero-order valence-electron chi connectivity index (χ0n) is 11.8. The lowest BCUT2D eigenvalue weighted by molar-refractivity contribution is 0.0709. The van der Waals surface area contributed by atoms with E-state index in [4.69, 9.17) is 0 Å². The Bertz CT molecular complexity index is 447. The van der Waals surface area contributed by atoms with Crippen molar-refractivity contribution in [2.75, 3.05) is 25.0 Å². The van der Waals surface area contributed by atoms with Crippen LogP contribution in [-0.2, 0) is 0 Å². The topological polar surface area (TPSA) is 57.3 Å². The Kier molecular flexibility index (Phi) is 4.37. The number of rotatable bonds is 3. The second-order valence-electron chi connectivity index (χ2n) is 5.30. The molecular formula is C14H22N4O. The van der Waals surface area contributed by atoms with E-state index in [1.807, 2.05) is 30.9 Å². The van der Waals surface area contributed by atoms with Crippen molar-refractivity contribution in [1.82, 2.24) is 15.2 Å². The molecule has 2 N–H and O–H groups in total. The van der Waals surface area contributed by atoms with E-state index in [9.17, 15) is 4.79 Å². The highest BCUT2D eigenvalue weighted by molar-refractivity contribution is 5.98. The molecule has 1 aliphatic rings. The van der Waals surface area contributed by atoms with Crippen LogP contribution in [0.15, 0.2) is 18.3 Å².